The summed E-state index contributed by atoms with van der Waals surface area (Å²) in [5.41, 5.74) is 0. The second kappa shape index (κ2) is 79.3. The first-order valence-electron chi connectivity index (χ1n) is 35.2. The molecule has 0 bridgehead atoms. The molecule has 0 unspecified atom stereocenters. The van der Waals surface area contributed by atoms with Gasteiger partial charge in [0, 0.05) is 0 Å². The second-order valence-corrected chi connectivity index (χ2v) is 27.5. The van der Waals surface area contributed by atoms with E-state index in [1.807, 2.05) is 0 Å². The number of rotatable bonds is 66. The summed E-state index contributed by atoms with van der Waals surface area (Å²) in [4.78, 5) is 61.7. The molecule has 17 heteroatoms. The smallest absolute Gasteiger partial charge is 0.790 e. The van der Waals surface area contributed by atoms with Crippen LogP contribution in [0, 0.1) is 81.7 Å². The largest absolute Gasteiger partial charge is 3.00 e. The number of phosphoric ester groups is 3. The molecule has 12 nitrogen and oxygen atoms in total. The molecule has 0 N–H and O–H groups in total. The maximum atomic E-state index is 10.3. The molecule has 0 aromatic rings. The molecule has 0 spiro atoms. The van der Waals surface area contributed by atoms with Crippen molar-refractivity contribution in [3.63, 3.8) is 0 Å². The molecule has 494 valence electrons. The van der Waals surface area contributed by atoms with Gasteiger partial charge in [-0.2, -0.15) is 0 Å². The summed E-state index contributed by atoms with van der Waals surface area (Å²) in [6.45, 7) is 6.96. The maximum absolute atomic E-state index is 10.3. The van der Waals surface area contributed by atoms with Crippen LogP contribution in [0.4, 0.5) is 0 Å². The molecule has 0 aromatic carbocycles. The molecule has 0 aliphatic carbocycles. The van der Waals surface area contributed by atoms with Crippen LogP contribution >= 0.6 is 23.5 Å². The third-order valence-electron chi connectivity index (χ3n) is 15.7. The van der Waals surface area contributed by atoms with Gasteiger partial charge in [-0.05, 0) is 19.3 Å². The molecule has 0 amide bonds. The Hall–Kier alpha value is 3.03. The summed E-state index contributed by atoms with van der Waals surface area (Å²) in [6.07, 6.45) is 78.6. The average molecular weight is 1500 g/mol. The molecule has 0 atom stereocenters. The van der Waals surface area contributed by atoms with Crippen LogP contribution in [-0.2, 0) is 27.3 Å². The fourth-order valence-corrected chi connectivity index (χ4v) is 11.7. The molecule has 0 saturated heterocycles. The fraction of sp³-hybridized carbons (Fsp3) is 1.00. The van der Waals surface area contributed by atoms with E-state index in [0.29, 0.717) is 19.3 Å². The summed E-state index contributed by atoms with van der Waals surface area (Å²) in [7, 11) is -14.3. The van der Waals surface area contributed by atoms with E-state index in [1.165, 1.54) is 327 Å². The van der Waals surface area contributed by atoms with Gasteiger partial charge < -0.3 is 56.6 Å². The van der Waals surface area contributed by atoms with E-state index in [9.17, 15) is 43.1 Å². The predicted molar refractivity (Wildman–Crippen MR) is 335 cm³/mol. The van der Waals surface area contributed by atoms with Gasteiger partial charge in [0.1, 0.15) is 0 Å². The van der Waals surface area contributed by atoms with Gasteiger partial charge in [-0.25, -0.2) is 0 Å². The molecule has 83 heavy (non-hydrogen) atoms. The summed E-state index contributed by atoms with van der Waals surface area (Å²) in [6, 6.07) is 0. The van der Waals surface area contributed by atoms with Crippen molar-refractivity contribution < 1.29 is 138 Å². The summed E-state index contributed by atoms with van der Waals surface area (Å²) in [5.74, 6) is 0. The Labute approximate surface area is 581 Å². The van der Waals surface area contributed by atoms with E-state index in [2.05, 4.69) is 34.3 Å². The van der Waals surface area contributed by atoms with E-state index in [-0.39, 0.29) is 101 Å². The number of hydrogen-bond donors (Lipinski definition) is 0. The first-order chi connectivity index (χ1) is 39.2. The van der Waals surface area contributed by atoms with Crippen molar-refractivity contribution in [3.8, 4) is 0 Å². The van der Waals surface area contributed by atoms with Crippen molar-refractivity contribution in [2.24, 2.45) is 0 Å². The summed E-state index contributed by atoms with van der Waals surface area (Å²) in [5, 5.41) is 0. The third kappa shape index (κ3) is 104. The predicted octanol–water partition coefficient (Wildman–Crippen LogP) is 20.0. The van der Waals surface area contributed by atoms with E-state index in [4.69, 9.17) is 0 Å². The van der Waals surface area contributed by atoms with Crippen LogP contribution in [0.25, 0.3) is 0 Å². The zero-order valence-corrected chi connectivity index (χ0v) is 63.9. The number of phosphoric acid groups is 3. The molecule has 0 heterocycles. The molecule has 2 radical (unpaired) electrons. The van der Waals surface area contributed by atoms with Crippen LogP contribution in [-0.4, -0.2) is 19.8 Å². The van der Waals surface area contributed by atoms with Gasteiger partial charge in [-0.3, -0.25) is 0 Å². The minimum absolute atomic E-state index is 0. The fourth-order valence-electron chi connectivity index (χ4n) is 10.6. The van der Waals surface area contributed by atoms with Gasteiger partial charge in [-0.15, -0.1) is 0 Å². The normalized spacial score (nSPS) is 11.7. The van der Waals surface area contributed by atoms with Crippen LogP contribution in [0.5, 0.6) is 0 Å². The average Bonchev–Trinajstić information content (AvgIpc) is 3.41. The maximum Gasteiger partial charge on any atom is 3.00 e. The monoisotopic (exact) mass is 1500 g/mol. The summed E-state index contributed by atoms with van der Waals surface area (Å²) < 4.78 is 43.5. The van der Waals surface area contributed by atoms with Crippen LogP contribution in [0.15, 0.2) is 0 Å². The van der Waals surface area contributed by atoms with Crippen LogP contribution in [0.1, 0.15) is 406 Å². The Bertz CT molecular complexity index is 1160. The van der Waals surface area contributed by atoms with Gasteiger partial charge >= 0.3 is 81.7 Å². The van der Waals surface area contributed by atoms with Crippen molar-refractivity contribution in [2.75, 3.05) is 19.8 Å². The topological polar surface area (TPSA) is 217 Å². The summed E-state index contributed by atoms with van der Waals surface area (Å²) >= 11 is 0. The first-order valence-corrected chi connectivity index (χ1v) is 39.6. The molecule has 0 fully saturated rings. The van der Waals surface area contributed by atoms with Crippen molar-refractivity contribution in [1.82, 2.24) is 0 Å². The van der Waals surface area contributed by atoms with Crippen molar-refractivity contribution in [1.29, 1.82) is 0 Å². The zero-order chi connectivity index (χ0) is 60.2. The van der Waals surface area contributed by atoms with Crippen LogP contribution in [0.3, 0.4) is 0 Å². The minimum atomic E-state index is -4.76. The quantitative estimate of drug-likeness (QED) is 0.0410. The molecule has 0 aliphatic rings. The van der Waals surface area contributed by atoms with E-state index in [0.717, 1.165) is 38.5 Å². The first kappa shape index (κ1) is 94.7. The second-order valence-electron chi connectivity index (χ2n) is 24.0. The van der Waals surface area contributed by atoms with Gasteiger partial charge in [-0.1, -0.05) is 387 Å². The van der Waals surface area contributed by atoms with Gasteiger partial charge in [0.2, 0.25) is 0 Å². The molecule has 0 aromatic heterocycles. The zero-order valence-electron chi connectivity index (χ0n) is 54.8. The van der Waals surface area contributed by atoms with E-state index in [1.54, 1.807) is 0 Å². The van der Waals surface area contributed by atoms with Gasteiger partial charge in [0.15, 0.2) is 0 Å². The van der Waals surface area contributed by atoms with Gasteiger partial charge in [0.25, 0.3) is 0 Å². The Morgan fingerprint density at radius 1 is 0.181 bits per heavy atom. The molecular weight excluding hydrogens is 1370 g/mol. The van der Waals surface area contributed by atoms with E-state index < -0.39 is 23.5 Å². The van der Waals surface area contributed by atoms with Crippen LogP contribution in [0.2, 0.25) is 0 Å². The van der Waals surface area contributed by atoms with Crippen molar-refractivity contribution >= 4 is 23.5 Å². The Morgan fingerprint density at radius 2 is 0.265 bits per heavy atom. The Balaban J connectivity index is -0.000000362. The molecular formula is C66H135Nd2O12P3. The molecule has 0 aliphatic heterocycles. The van der Waals surface area contributed by atoms with Crippen LogP contribution < -0.4 is 29.4 Å². The third-order valence-corrected chi connectivity index (χ3v) is 17.2. The van der Waals surface area contributed by atoms with Crippen molar-refractivity contribution in [2.45, 2.75) is 406 Å². The van der Waals surface area contributed by atoms with Crippen molar-refractivity contribution in [3.05, 3.63) is 0 Å². The van der Waals surface area contributed by atoms with Gasteiger partial charge in [0.05, 0.1) is 43.3 Å². The number of unbranched alkanes of at least 4 members (excludes halogenated alkanes) is 57. The molecule has 0 rings (SSSR count). The molecule has 0 saturated carbocycles. The van der Waals surface area contributed by atoms with E-state index >= 15 is 0 Å². The Morgan fingerprint density at radius 3 is 0.349 bits per heavy atom. The standard InChI is InChI=1S/3C22H47O4P.2Nd/c3*1-2-3-4-5-6-7-8-9-10-11-12-13-14-15-16-17-18-19-20-21-22-26-27(23,24)25;;/h3*2-22H2,1H3,(H2,23,24,25);;/q;;;2*+3/p-6. The Kier molecular flexibility index (Phi) is 90.5. The minimum Gasteiger partial charge on any atom is -0.790 e. The number of hydrogen-bond acceptors (Lipinski definition) is 12. The SMILES string of the molecule is CCCCCCCCCCCCCCCCCCCCCCOP(=O)([O-])[O-].CCCCCCCCCCCCCCCCCCCCCCOP(=O)([O-])[O-].CCCCCCCCCCCCCCCCCCCCCCOP(=O)([O-])[O-].[Nd+3].[Nd+3].